The van der Waals surface area contributed by atoms with E-state index in [9.17, 15) is 0 Å². The summed E-state index contributed by atoms with van der Waals surface area (Å²) in [5, 5.41) is 10.2. The maximum atomic E-state index is 4.67. The minimum absolute atomic E-state index is 0.809. The lowest BCUT2D eigenvalue weighted by Gasteiger charge is -2.11. The number of nitrogens with zero attached hydrogens (tertiary/aromatic N) is 3. The van der Waals surface area contributed by atoms with Gasteiger partial charge in [-0.05, 0) is 44.3 Å². The third-order valence-electron chi connectivity index (χ3n) is 4.08. The van der Waals surface area contributed by atoms with Crippen LogP contribution >= 0.6 is 0 Å². The number of hydrogen-bond donors (Lipinski definition) is 1. The van der Waals surface area contributed by atoms with Crippen LogP contribution in [-0.2, 0) is 6.54 Å². The molecule has 4 nitrogen and oxygen atoms in total. The van der Waals surface area contributed by atoms with Gasteiger partial charge in [-0.2, -0.15) is 5.10 Å². The molecule has 0 radical (unpaired) electrons. The highest BCUT2D eigenvalue weighted by Crippen LogP contribution is 2.25. The van der Waals surface area contributed by atoms with Crippen LogP contribution in [0.2, 0.25) is 0 Å². The molecule has 0 aliphatic rings. The molecule has 3 rings (SSSR count). The second-order valence-electron chi connectivity index (χ2n) is 5.39. The molecule has 0 atom stereocenters. The maximum Gasteiger partial charge on any atom is 0.161 e. The Morgan fingerprint density at radius 3 is 2.43 bits per heavy atom. The van der Waals surface area contributed by atoms with Gasteiger partial charge in [-0.15, -0.1) is 0 Å². The van der Waals surface area contributed by atoms with Gasteiger partial charge in [0, 0.05) is 23.8 Å². The topological polar surface area (TPSA) is 42.7 Å². The Hall–Kier alpha value is -2.20. The summed E-state index contributed by atoms with van der Waals surface area (Å²) in [6, 6.07) is 8.38. The van der Waals surface area contributed by atoms with Crippen molar-refractivity contribution in [1.82, 2.24) is 20.1 Å². The van der Waals surface area contributed by atoms with Crippen molar-refractivity contribution < 1.29 is 0 Å². The van der Waals surface area contributed by atoms with Gasteiger partial charge in [0.15, 0.2) is 5.82 Å². The number of rotatable bonds is 3. The van der Waals surface area contributed by atoms with Crippen LogP contribution in [0.15, 0.2) is 30.5 Å². The van der Waals surface area contributed by atoms with Crippen molar-refractivity contribution in [3.05, 3.63) is 53.0 Å². The summed E-state index contributed by atoms with van der Waals surface area (Å²) in [6.07, 6.45) is 1.94. The zero-order valence-corrected chi connectivity index (χ0v) is 12.9. The first-order chi connectivity index (χ1) is 10.1. The lowest BCUT2D eigenvalue weighted by molar-refractivity contribution is 0.798. The quantitative estimate of drug-likeness (QED) is 0.802. The first-order valence-corrected chi connectivity index (χ1v) is 7.18. The van der Waals surface area contributed by atoms with Gasteiger partial charge in [-0.25, -0.2) is 9.67 Å². The molecule has 0 fully saturated rings. The van der Waals surface area contributed by atoms with Gasteiger partial charge in [0.1, 0.15) is 0 Å². The van der Waals surface area contributed by atoms with Gasteiger partial charge >= 0.3 is 0 Å². The van der Waals surface area contributed by atoms with Crippen molar-refractivity contribution in [2.75, 3.05) is 7.05 Å². The molecule has 21 heavy (non-hydrogen) atoms. The molecule has 0 aliphatic carbocycles. The number of fused-ring (bicyclic) bond motifs is 1. The van der Waals surface area contributed by atoms with E-state index in [1.807, 2.05) is 24.9 Å². The molecule has 0 spiro atoms. The highest BCUT2D eigenvalue weighted by molar-refractivity contribution is 5.91. The van der Waals surface area contributed by atoms with Gasteiger partial charge < -0.3 is 5.32 Å². The second-order valence-corrected chi connectivity index (χ2v) is 5.39. The van der Waals surface area contributed by atoms with E-state index in [0.29, 0.717) is 0 Å². The van der Waals surface area contributed by atoms with Crippen LogP contribution in [0.5, 0.6) is 0 Å². The molecule has 0 bridgehead atoms. The lowest BCUT2D eigenvalue weighted by atomic mass is 10.1. The first-order valence-electron chi connectivity index (χ1n) is 7.18. The van der Waals surface area contributed by atoms with Crippen LogP contribution in [0, 0.1) is 20.8 Å². The predicted molar refractivity (Wildman–Crippen MR) is 85.8 cm³/mol. The Balaban J connectivity index is 2.29. The van der Waals surface area contributed by atoms with E-state index in [4.69, 9.17) is 0 Å². The number of hydrogen-bond acceptors (Lipinski definition) is 3. The standard InChI is InChI=1S/C17H20N4/c1-11-12(2)20-21(13(11)3)17-16-8-6-5-7-15(16)14(9-18-4)10-19-17/h5-8,10,18H,9H2,1-4H3. The summed E-state index contributed by atoms with van der Waals surface area (Å²) in [7, 11) is 1.95. The monoisotopic (exact) mass is 280 g/mol. The van der Waals surface area contributed by atoms with E-state index in [2.05, 4.69) is 53.5 Å². The molecule has 108 valence electrons. The average molecular weight is 280 g/mol. The predicted octanol–water partition coefficient (Wildman–Crippen LogP) is 3.07. The average Bonchev–Trinajstić information content (AvgIpc) is 2.75. The van der Waals surface area contributed by atoms with Crippen LogP contribution in [0.1, 0.15) is 22.5 Å². The van der Waals surface area contributed by atoms with Crippen LogP contribution in [0.3, 0.4) is 0 Å². The van der Waals surface area contributed by atoms with Crippen LogP contribution < -0.4 is 5.32 Å². The molecule has 4 heteroatoms. The normalized spacial score (nSPS) is 11.2. The summed E-state index contributed by atoms with van der Waals surface area (Å²) >= 11 is 0. The highest BCUT2D eigenvalue weighted by atomic mass is 15.3. The Bertz CT molecular complexity index is 802. The molecule has 0 aliphatic heterocycles. The van der Waals surface area contributed by atoms with Gasteiger partial charge in [0.25, 0.3) is 0 Å². The fraction of sp³-hybridized carbons (Fsp3) is 0.294. The van der Waals surface area contributed by atoms with Crippen LogP contribution in [-0.4, -0.2) is 21.8 Å². The van der Waals surface area contributed by atoms with Crippen LogP contribution in [0.4, 0.5) is 0 Å². The minimum Gasteiger partial charge on any atom is -0.316 e. The summed E-state index contributed by atoms with van der Waals surface area (Å²) in [5.74, 6) is 0.902. The highest BCUT2D eigenvalue weighted by Gasteiger charge is 2.14. The van der Waals surface area contributed by atoms with Crippen molar-refractivity contribution in [1.29, 1.82) is 0 Å². The molecule has 0 amide bonds. The lowest BCUT2D eigenvalue weighted by Crippen LogP contribution is -2.09. The fourth-order valence-electron chi connectivity index (χ4n) is 2.66. The molecule has 0 saturated carbocycles. The number of aryl methyl sites for hydroxylation is 1. The van der Waals surface area contributed by atoms with Gasteiger partial charge in [0.2, 0.25) is 0 Å². The molecule has 1 aromatic carbocycles. The molecule has 2 heterocycles. The first kappa shape index (κ1) is 13.8. The van der Waals surface area contributed by atoms with E-state index in [1.165, 1.54) is 16.5 Å². The molecular weight excluding hydrogens is 260 g/mol. The SMILES string of the molecule is CNCc1cnc(-n2nc(C)c(C)c2C)c2ccccc12. The van der Waals surface area contributed by atoms with Crippen LogP contribution in [0.25, 0.3) is 16.6 Å². The van der Waals surface area contributed by atoms with E-state index < -0.39 is 0 Å². The van der Waals surface area contributed by atoms with Crippen molar-refractivity contribution >= 4 is 10.8 Å². The summed E-state index contributed by atoms with van der Waals surface area (Å²) in [4.78, 5) is 4.67. The van der Waals surface area contributed by atoms with Crippen molar-refractivity contribution in [2.45, 2.75) is 27.3 Å². The Kier molecular flexibility index (Phi) is 3.47. The largest absolute Gasteiger partial charge is 0.316 e. The number of aromatic nitrogens is 3. The third kappa shape index (κ3) is 2.21. The van der Waals surface area contributed by atoms with Crippen molar-refractivity contribution in [3.8, 4) is 5.82 Å². The van der Waals surface area contributed by atoms with E-state index in [1.54, 1.807) is 0 Å². The number of nitrogens with one attached hydrogen (secondary N) is 1. The molecule has 0 unspecified atom stereocenters. The Labute approximate surface area is 124 Å². The van der Waals surface area contributed by atoms with Gasteiger partial charge in [-0.3, -0.25) is 0 Å². The fourth-order valence-corrected chi connectivity index (χ4v) is 2.66. The number of benzene rings is 1. The minimum atomic E-state index is 0.809. The third-order valence-corrected chi connectivity index (χ3v) is 4.08. The van der Waals surface area contributed by atoms with Crippen molar-refractivity contribution in [3.63, 3.8) is 0 Å². The Morgan fingerprint density at radius 1 is 1.10 bits per heavy atom. The van der Waals surface area contributed by atoms with Gasteiger partial charge in [-0.1, -0.05) is 24.3 Å². The summed E-state index contributed by atoms with van der Waals surface area (Å²) < 4.78 is 1.95. The zero-order chi connectivity index (χ0) is 15.0. The molecule has 0 saturated heterocycles. The molecule has 3 aromatic rings. The zero-order valence-electron chi connectivity index (χ0n) is 12.9. The summed E-state index contributed by atoms with van der Waals surface area (Å²) in [5.41, 5.74) is 4.62. The number of pyridine rings is 1. The molecule has 2 aromatic heterocycles. The molecule has 1 N–H and O–H groups in total. The second kappa shape index (κ2) is 5.30. The van der Waals surface area contributed by atoms with E-state index in [-0.39, 0.29) is 0 Å². The maximum absolute atomic E-state index is 4.67. The molecular formula is C17H20N4. The van der Waals surface area contributed by atoms with Crippen molar-refractivity contribution in [2.24, 2.45) is 0 Å². The van der Waals surface area contributed by atoms with Gasteiger partial charge in [0.05, 0.1) is 5.69 Å². The van der Waals surface area contributed by atoms with E-state index in [0.717, 1.165) is 29.1 Å². The Morgan fingerprint density at radius 2 is 1.81 bits per heavy atom. The van der Waals surface area contributed by atoms with E-state index >= 15 is 0 Å². The summed E-state index contributed by atoms with van der Waals surface area (Å²) in [6.45, 7) is 7.04. The smallest absolute Gasteiger partial charge is 0.161 e.